The molecule has 82 valence electrons. The van der Waals surface area contributed by atoms with Gasteiger partial charge >= 0.3 is 5.82 Å². The highest BCUT2D eigenvalue weighted by molar-refractivity contribution is 7.99. The predicted molar refractivity (Wildman–Crippen MR) is 61.1 cm³/mol. The van der Waals surface area contributed by atoms with Crippen molar-refractivity contribution in [2.75, 3.05) is 5.75 Å². The first-order chi connectivity index (χ1) is 7.25. The Hall–Kier alpha value is -1.10. The third-order valence-electron chi connectivity index (χ3n) is 1.93. The van der Waals surface area contributed by atoms with E-state index in [9.17, 15) is 10.1 Å². The molecule has 0 atom stereocenters. The number of hydrogen-bond donors (Lipinski definition) is 0. The van der Waals surface area contributed by atoms with E-state index < -0.39 is 4.92 Å². The third-order valence-corrected chi connectivity index (χ3v) is 3.05. The maximum absolute atomic E-state index is 10.6. The quantitative estimate of drug-likeness (QED) is 0.323. The van der Waals surface area contributed by atoms with Gasteiger partial charge in [0, 0.05) is 0 Å². The number of nitro groups is 1. The number of thioether (sulfide) groups is 1. The summed E-state index contributed by atoms with van der Waals surface area (Å²) in [5.41, 5.74) is 0. The Morgan fingerprint density at radius 2 is 2.33 bits per heavy atom. The molecule has 1 aromatic rings. The van der Waals surface area contributed by atoms with E-state index in [-0.39, 0.29) is 5.82 Å². The molecule has 4 nitrogen and oxygen atoms in total. The number of unbranched alkanes of at least 4 members (excludes halogenated alkanes) is 2. The summed E-state index contributed by atoms with van der Waals surface area (Å²) in [6.07, 6.45) is 4.87. The summed E-state index contributed by atoms with van der Waals surface area (Å²) in [5.74, 6) is 0.888. The van der Waals surface area contributed by atoms with Gasteiger partial charge in [0.05, 0.1) is 0 Å². The number of pyridine rings is 1. The number of rotatable bonds is 6. The molecule has 0 saturated carbocycles. The molecule has 0 spiro atoms. The second-order valence-electron chi connectivity index (χ2n) is 3.14. The van der Waals surface area contributed by atoms with Crippen LogP contribution in [0.15, 0.2) is 23.2 Å². The first-order valence-corrected chi connectivity index (χ1v) is 5.96. The van der Waals surface area contributed by atoms with Crippen LogP contribution < -0.4 is 0 Å². The lowest BCUT2D eigenvalue weighted by Crippen LogP contribution is -1.94. The molecule has 0 N–H and O–H groups in total. The van der Waals surface area contributed by atoms with Crippen molar-refractivity contribution >= 4 is 17.6 Å². The molecule has 0 radical (unpaired) electrons. The lowest BCUT2D eigenvalue weighted by Gasteiger charge is -2.01. The minimum atomic E-state index is -0.428. The first-order valence-electron chi connectivity index (χ1n) is 4.98. The van der Waals surface area contributed by atoms with Gasteiger partial charge in [-0.2, -0.15) is 0 Å². The van der Waals surface area contributed by atoms with E-state index >= 15 is 0 Å². The Labute approximate surface area is 93.3 Å². The van der Waals surface area contributed by atoms with Crippen molar-refractivity contribution in [1.82, 2.24) is 4.98 Å². The van der Waals surface area contributed by atoms with Gasteiger partial charge in [-0.15, -0.1) is 11.8 Å². The molecular formula is C10H14N2O2S. The zero-order valence-corrected chi connectivity index (χ0v) is 9.50. The summed E-state index contributed by atoms with van der Waals surface area (Å²) in [6, 6.07) is 3.48. The molecule has 5 heteroatoms. The Balaban J connectivity index is 2.56. The van der Waals surface area contributed by atoms with Crippen LogP contribution in [0.2, 0.25) is 0 Å². The summed E-state index contributed by atoms with van der Waals surface area (Å²) in [5, 5.41) is 10.6. The van der Waals surface area contributed by atoms with Crippen LogP contribution in [0.4, 0.5) is 5.82 Å². The average Bonchev–Trinajstić information content (AvgIpc) is 2.25. The normalized spacial score (nSPS) is 10.2. The van der Waals surface area contributed by atoms with Crippen molar-refractivity contribution in [3.8, 4) is 0 Å². The lowest BCUT2D eigenvalue weighted by molar-refractivity contribution is -0.392. The van der Waals surface area contributed by atoms with Crippen LogP contribution in [-0.2, 0) is 0 Å². The third kappa shape index (κ3) is 3.87. The highest BCUT2D eigenvalue weighted by Crippen LogP contribution is 2.27. The van der Waals surface area contributed by atoms with Gasteiger partial charge in [0.2, 0.25) is 0 Å². The van der Waals surface area contributed by atoms with Gasteiger partial charge in [-0.05, 0) is 34.2 Å². The number of hydrogen-bond acceptors (Lipinski definition) is 4. The highest BCUT2D eigenvalue weighted by Gasteiger charge is 2.13. The van der Waals surface area contributed by atoms with E-state index in [4.69, 9.17) is 0 Å². The highest BCUT2D eigenvalue weighted by atomic mass is 32.2. The Kier molecular flexibility index (Phi) is 5.10. The summed E-state index contributed by atoms with van der Waals surface area (Å²) in [7, 11) is 0. The van der Waals surface area contributed by atoms with Crippen molar-refractivity contribution < 1.29 is 4.92 Å². The van der Waals surface area contributed by atoms with Gasteiger partial charge in [0.15, 0.2) is 0 Å². The predicted octanol–water partition coefficient (Wildman–Crippen LogP) is 3.27. The SMILES string of the molecule is CCCCCSc1cccnc1[N+](=O)[O-]. The monoisotopic (exact) mass is 226 g/mol. The van der Waals surface area contributed by atoms with Crippen LogP contribution in [-0.4, -0.2) is 15.7 Å². The van der Waals surface area contributed by atoms with Gasteiger partial charge in [-0.3, -0.25) is 0 Å². The minimum Gasteiger partial charge on any atom is -0.358 e. The van der Waals surface area contributed by atoms with E-state index in [0.717, 1.165) is 18.6 Å². The van der Waals surface area contributed by atoms with Crippen LogP contribution in [0, 0.1) is 10.1 Å². The second-order valence-corrected chi connectivity index (χ2v) is 4.27. The maximum Gasteiger partial charge on any atom is 0.377 e. The molecule has 0 aliphatic heterocycles. The van der Waals surface area contributed by atoms with E-state index in [0.29, 0.717) is 4.90 Å². The van der Waals surface area contributed by atoms with Crippen molar-refractivity contribution in [3.63, 3.8) is 0 Å². The fourth-order valence-electron chi connectivity index (χ4n) is 1.17. The first kappa shape index (κ1) is 12.0. The fraction of sp³-hybridized carbons (Fsp3) is 0.500. The van der Waals surface area contributed by atoms with E-state index in [1.165, 1.54) is 24.4 Å². The fourth-order valence-corrected chi connectivity index (χ4v) is 2.17. The zero-order chi connectivity index (χ0) is 11.1. The molecule has 0 aromatic carbocycles. The molecule has 1 rings (SSSR count). The van der Waals surface area contributed by atoms with Crippen LogP contribution in [0.1, 0.15) is 26.2 Å². The summed E-state index contributed by atoms with van der Waals surface area (Å²) >= 11 is 1.51. The molecule has 1 heterocycles. The maximum atomic E-state index is 10.6. The van der Waals surface area contributed by atoms with Crippen LogP contribution in [0.3, 0.4) is 0 Å². The minimum absolute atomic E-state index is 0.0287. The van der Waals surface area contributed by atoms with Gasteiger partial charge < -0.3 is 10.1 Å². The Bertz CT molecular complexity index is 331. The molecule has 0 fully saturated rings. The molecule has 0 aliphatic carbocycles. The van der Waals surface area contributed by atoms with Crippen molar-refractivity contribution in [2.24, 2.45) is 0 Å². The molecule has 15 heavy (non-hydrogen) atoms. The summed E-state index contributed by atoms with van der Waals surface area (Å²) < 4.78 is 0. The van der Waals surface area contributed by atoms with Gasteiger partial charge in [0.25, 0.3) is 0 Å². The Morgan fingerprint density at radius 1 is 1.53 bits per heavy atom. The van der Waals surface area contributed by atoms with E-state index in [2.05, 4.69) is 11.9 Å². The largest absolute Gasteiger partial charge is 0.377 e. The molecular weight excluding hydrogens is 212 g/mol. The van der Waals surface area contributed by atoms with Gasteiger partial charge in [-0.1, -0.05) is 19.8 Å². The van der Waals surface area contributed by atoms with Gasteiger partial charge in [-0.25, -0.2) is 0 Å². The molecule has 1 aromatic heterocycles. The topological polar surface area (TPSA) is 56.0 Å². The summed E-state index contributed by atoms with van der Waals surface area (Å²) in [6.45, 7) is 2.14. The molecule has 0 aliphatic rings. The molecule has 0 amide bonds. The van der Waals surface area contributed by atoms with Crippen LogP contribution >= 0.6 is 11.8 Å². The molecule has 0 saturated heterocycles. The van der Waals surface area contributed by atoms with Gasteiger partial charge in [0.1, 0.15) is 11.1 Å². The second kappa shape index (κ2) is 6.40. The Morgan fingerprint density at radius 3 is 3.00 bits per heavy atom. The van der Waals surface area contributed by atoms with Crippen molar-refractivity contribution in [1.29, 1.82) is 0 Å². The van der Waals surface area contributed by atoms with Crippen LogP contribution in [0.5, 0.6) is 0 Å². The molecule has 0 unspecified atom stereocenters. The average molecular weight is 226 g/mol. The molecule has 0 bridgehead atoms. The lowest BCUT2D eigenvalue weighted by atomic mass is 10.3. The number of nitrogens with zero attached hydrogens (tertiary/aromatic N) is 2. The smallest absolute Gasteiger partial charge is 0.358 e. The summed E-state index contributed by atoms with van der Waals surface area (Å²) in [4.78, 5) is 14.6. The van der Waals surface area contributed by atoms with Crippen LogP contribution in [0.25, 0.3) is 0 Å². The number of aromatic nitrogens is 1. The van der Waals surface area contributed by atoms with Crippen molar-refractivity contribution in [3.05, 3.63) is 28.4 Å². The standard InChI is InChI=1S/C10H14N2O2S/c1-2-3-4-8-15-9-6-5-7-11-10(9)12(13)14/h5-7H,2-4,8H2,1H3. The zero-order valence-electron chi connectivity index (χ0n) is 8.68. The van der Waals surface area contributed by atoms with E-state index in [1.54, 1.807) is 12.1 Å². The van der Waals surface area contributed by atoms with E-state index in [1.807, 2.05) is 0 Å². The van der Waals surface area contributed by atoms with Crippen molar-refractivity contribution in [2.45, 2.75) is 31.1 Å².